The number of nitrogens with one attached hydrogen (secondary N) is 1. The highest BCUT2D eigenvalue weighted by Gasteiger charge is 2.24. The molecule has 0 aromatic rings. The lowest BCUT2D eigenvalue weighted by atomic mass is 9.91. The van der Waals surface area contributed by atoms with Crippen molar-refractivity contribution in [2.75, 3.05) is 7.11 Å². The highest BCUT2D eigenvalue weighted by atomic mass is 35.5. The monoisotopic (exact) mass is 324 g/mol. The number of halogens is 1. The van der Waals surface area contributed by atoms with Crippen LogP contribution in [0.3, 0.4) is 0 Å². The molecule has 0 spiro atoms. The molecule has 0 aromatic carbocycles. The summed E-state index contributed by atoms with van der Waals surface area (Å²) in [6.07, 6.45) is 7.93. The summed E-state index contributed by atoms with van der Waals surface area (Å²) < 4.78 is 4.90. The molecule has 0 aliphatic heterocycles. The van der Waals surface area contributed by atoms with E-state index >= 15 is 0 Å². The topological polar surface area (TPSA) is 64.3 Å². The first-order chi connectivity index (χ1) is 10.4. The summed E-state index contributed by atoms with van der Waals surface area (Å²) in [4.78, 5) is 12.0. The normalized spacial score (nSPS) is 29.4. The molecule has 4 nitrogen and oxygen atoms in total. The summed E-state index contributed by atoms with van der Waals surface area (Å²) in [6.45, 7) is 3.90. The average Bonchev–Trinajstić information content (AvgIpc) is 2.61. The van der Waals surface area contributed by atoms with E-state index in [0.717, 1.165) is 37.0 Å². The largest absolute Gasteiger partial charge is 0.465 e. The number of hydrogen-bond donors (Lipinski definition) is 2. The lowest BCUT2D eigenvalue weighted by Crippen LogP contribution is -2.37. The number of carbonyl (C=O) groups excluding carboxylic acids is 1. The highest BCUT2D eigenvalue weighted by molar-refractivity contribution is 6.30. The average molecular weight is 325 g/mol. The van der Waals surface area contributed by atoms with E-state index in [0.29, 0.717) is 22.7 Å². The molecule has 122 valence electrons. The third-order valence-electron chi connectivity index (χ3n) is 4.48. The van der Waals surface area contributed by atoms with Gasteiger partial charge >= 0.3 is 5.97 Å². The van der Waals surface area contributed by atoms with Crippen molar-refractivity contribution in [3.63, 3.8) is 0 Å². The Hall–Kier alpha value is -1.26. The Morgan fingerprint density at radius 2 is 2.00 bits per heavy atom. The molecular weight excluding hydrogens is 300 g/mol. The zero-order valence-electron chi connectivity index (χ0n) is 13.5. The number of hydrogen-bond acceptors (Lipinski definition) is 4. The maximum atomic E-state index is 12.0. The van der Waals surface area contributed by atoms with E-state index < -0.39 is 0 Å². The molecule has 0 aromatic heterocycles. The Labute approximate surface area is 137 Å². The van der Waals surface area contributed by atoms with Gasteiger partial charge in [-0.2, -0.15) is 0 Å². The number of allylic oxidation sites excluding steroid dienone is 3. The van der Waals surface area contributed by atoms with Gasteiger partial charge in [-0.3, -0.25) is 0 Å². The summed E-state index contributed by atoms with van der Waals surface area (Å²) in [5.41, 5.74) is 8.33. The van der Waals surface area contributed by atoms with Gasteiger partial charge in [0.25, 0.3) is 0 Å². The molecule has 2 aliphatic rings. The molecule has 0 unspecified atom stereocenters. The molecule has 0 saturated heterocycles. The van der Waals surface area contributed by atoms with Crippen molar-refractivity contribution in [1.82, 2.24) is 5.32 Å². The van der Waals surface area contributed by atoms with Gasteiger partial charge in [0.1, 0.15) is 0 Å². The zero-order chi connectivity index (χ0) is 16.3. The number of nitrogens with two attached hydrogens (primary N) is 1. The van der Waals surface area contributed by atoms with Crippen LogP contribution >= 0.6 is 11.6 Å². The highest BCUT2D eigenvalue weighted by Crippen LogP contribution is 2.29. The van der Waals surface area contributed by atoms with Gasteiger partial charge in [-0.15, -0.1) is 0 Å². The minimum absolute atomic E-state index is 0.00945. The fraction of sp³-hybridized carbons (Fsp3) is 0.588. The Balaban J connectivity index is 2.25. The maximum Gasteiger partial charge on any atom is 0.337 e. The van der Waals surface area contributed by atoms with E-state index in [1.54, 1.807) is 0 Å². The Kier molecular flexibility index (Phi) is 5.70. The fourth-order valence-electron chi connectivity index (χ4n) is 2.94. The van der Waals surface area contributed by atoms with Gasteiger partial charge in [0.15, 0.2) is 0 Å². The van der Waals surface area contributed by atoms with Crippen LogP contribution in [0, 0.1) is 5.92 Å². The van der Waals surface area contributed by atoms with Crippen LogP contribution in [0.1, 0.15) is 39.5 Å². The van der Waals surface area contributed by atoms with Gasteiger partial charge in [0, 0.05) is 28.7 Å². The van der Waals surface area contributed by atoms with Crippen molar-refractivity contribution < 1.29 is 9.53 Å². The molecule has 2 aliphatic carbocycles. The maximum absolute atomic E-state index is 12.0. The number of esters is 1. The summed E-state index contributed by atoms with van der Waals surface area (Å²) in [5, 5.41) is 4.26. The first kappa shape index (κ1) is 17.1. The summed E-state index contributed by atoms with van der Waals surface area (Å²) >= 11 is 6.36. The first-order valence-corrected chi connectivity index (χ1v) is 8.20. The Bertz CT molecular complexity index is 529. The molecule has 5 heteroatoms. The van der Waals surface area contributed by atoms with Crippen LogP contribution in [-0.2, 0) is 9.53 Å². The number of methoxy groups -OCH3 is 1. The predicted molar refractivity (Wildman–Crippen MR) is 89.3 cm³/mol. The predicted octanol–water partition coefficient (Wildman–Crippen LogP) is 2.99. The number of ether oxygens (including phenoxy) is 1. The van der Waals surface area contributed by atoms with E-state index in [1.807, 2.05) is 26.0 Å². The van der Waals surface area contributed by atoms with Gasteiger partial charge in [0.2, 0.25) is 0 Å². The molecule has 0 amide bonds. The molecule has 22 heavy (non-hydrogen) atoms. The van der Waals surface area contributed by atoms with Crippen molar-refractivity contribution in [2.24, 2.45) is 11.7 Å². The Morgan fingerprint density at radius 3 is 2.59 bits per heavy atom. The van der Waals surface area contributed by atoms with Crippen molar-refractivity contribution in [3.8, 4) is 0 Å². The van der Waals surface area contributed by atoms with Crippen LogP contribution in [0.2, 0.25) is 0 Å². The van der Waals surface area contributed by atoms with E-state index in [1.165, 1.54) is 7.11 Å². The minimum Gasteiger partial charge on any atom is -0.465 e. The van der Waals surface area contributed by atoms with Crippen LogP contribution in [0.4, 0.5) is 0 Å². The van der Waals surface area contributed by atoms with Gasteiger partial charge in [-0.05, 0) is 44.3 Å². The van der Waals surface area contributed by atoms with Crippen molar-refractivity contribution >= 4 is 17.6 Å². The van der Waals surface area contributed by atoms with Crippen molar-refractivity contribution in [2.45, 2.75) is 51.6 Å². The van der Waals surface area contributed by atoms with E-state index in [4.69, 9.17) is 22.1 Å². The molecule has 0 heterocycles. The standard InChI is InChI=1S/C17H25ClN2O2/c1-10-8-14(17(21)22-3)11(2)16(9-15(10)18)20-13-6-4-12(19)5-7-13/h8-10,12-13,20H,4-7,19H2,1-3H3/t10-,12?,13?/m1/s1. The SMILES string of the molecule is COC(=O)C1=C[C@@H](C)C(Cl)=CC(NC2CCC(N)CC2)=C1C. The molecule has 3 N–H and O–H groups in total. The van der Waals surface area contributed by atoms with Crippen LogP contribution in [-0.4, -0.2) is 25.2 Å². The van der Waals surface area contributed by atoms with Gasteiger partial charge in [-0.1, -0.05) is 24.6 Å². The quantitative estimate of drug-likeness (QED) is 0.783. The van der Waals surface area contributed by atoms with Crippen LogP contribution in [0.5, 0.6) is 0 Å². The number of carbonyl (C=O) groups is 1. The molecule has 1 fully saturated rings. The second kappa shape index (κ2) is 7.34. The molecule has 1 saturated carbocycles. The lowest BCUT2D eigenvalue weighted by Gasteiger charge is -2.28. The first-order valence-electron chi connectivity index (χ1n) is 7.83. The second-order valence-electron chi connectivity index (χ2n) is 6.18. The van der Waals surface area contributed by atoms with Gasteiger partial charge in [-0.25, -0.2) is 4.79 Å². The molecular formula is C17H25ClN2O2. The molecule has 2 rings (SSSR count). The molecule has 1 atom stereocenters. The number of rotatable bonds is 3. The summed E-state index contributed by atoms with van der Waals surface area (Å²) in [7, 11) is 1.40. The zero-order valence-corrected chi connectivity index (χ0v) is 14.2. The third kappa shape index (κ3) is 3.93. The van der Waals surface area contributed by atoms with E-state index in [-0.39, 0.29) is 11.9 Å². The lowest BCUT2D eigenvalue weighted by molar-refractivity contribution is -0.135. The van der Waals surface area contributed by atoms with Crippen LogP contribution < -0.4 is 11.1 Å². The third-order valence-corrected chi connectivity index (χ3v) is 4.93. The smallest absolute Gasteiger partial charge is 0.337 e. The van der Waals surface area contributed by atoms with Crippen molar-refractivity contribution in [1.29, 1.82) is 0 Å². The van der Waals surface area contributed by atoms with Crippen LogP contribution in [0.15, 0.2) is 34.0 Å². The van der Waals surface area contributed by atoms with Gasteiger partial charge in [0.05, 0.1) is 12.7 Å². The minimum atomic E-state index is -0.325. The van der Waals surface area contributed by atoms with E-state index in [9.17, 15) is 4.79 Å². The summed E-state index contributed by atoms with van der Waals surface area (Å²) in [6, 6.07) is 0.685. The van der Waals surface area contributed by atoms with Gasteiger partial charge < -0.3 is 15.8 Å². The summed E-state index contributed by atoms with van der Waals surface area (Å²) in [5.74, 6) is -0.334. The molecule has 0 bridgehead atoms. The fourth-order valence-corrected chi connectivity index (χ4v) is 3.11. The van der Waals surface area contributed by atoms with Crippen LogP contribution in [0.25, 0.3) is 0 Å². The molecule has 0 radical (unpaired) electrons. The Morgan fingerprint density at radius 1 is 1.36 bits per heavy atom. The second-order valence-corrected chi connectivity index (χ2v) is 6.62. The van der Waals surface area contributed by atoms with Crippen molar-refractivity contribution in [3.05, 3.63) is 34.0 Å². The van der Waals surface area contributed by atoms with E-state index in [2.05, 4.69) is 5.32 Å².